The van der Waals surface area contributed by atoms with Gasteiger partial charge in [0.25, 0.3) is 0 Å². The maximum Gasteiger partial charge on any atom is 0.137 e. The van der Waals surface area contributed by atoms with Crippen LogP contribution >= 0.6 is 11.6 Å². The van der Waals surface area contributed by atoms with Crippen molar-refractivity contribution in [1.82, 2.24) is 0 Å². The quantitative estimate of drug-likeness (QED) is 0.708. The number of hydrogen-bond donors (Lipinski definition) is 0. The zero-order valence-electron chi connectivity index (χ0n) is 11.4. The van der Waals surface area contributed by atoms with E-state index in [0.29, 0.717) is 35.8 Å². The number of nitrogens with zero attached hydrogens (tertiary/aromatic N) is 1. The molecule has 0 aliphatic carbocycles. The molecule has 0 aromatic heterocycles. The summed E-state index contributed by atoms with van der Waals surface area (Å²) in [5, 5.41) is 9.77. The lowest BCUT2D eigenvalue weighted by atomic mass is 9.96. The molecular weight excluding hydrogens is 289 g/mol. The maximum absolute atomic E-state index is 13.2. The molecule has 2 aromatic rings. The molecule has 1 unspecified atom stereocenters. The van der Waals surface area contributed by atoms with E-state index in [9.17, 15) is 9.65 Å². The normalized spacial score (nSPS) is 11.7. The van der Waals surface area contributed by atoms with Crippen LogP contribution < -0.4 is 4.74 Å². The van der Waals surface area contributed by atoms with Gasteiger partial charge < -0.3 is 4.74 Å². The van der Waals surface area contributed by atoms with Crippen LogP contribution in [0.5, 0.6) is 5.75 Å². The van der Waals surface area contributed by atoms with Crippen LogP contribution in [-0.4, -0.2) is 6.61 Å². The van der Waals surface area contributed by atoms with Crippen LogP contribution in [0.2, 0.25) is 5.02 Å². The first-order valence-corrected chi connectivity index (χ1v) is 7.11. The topological polar surface area (TPSA) is 33.0 Å². The molecule has 0 aliphatic rings. The van der Waals surface area contributed by atoms with Gasteiger partial charge in [-0.3, -0.25) is 0 Å². The fraction of sp³-hybridized carbons (Fsp3) is 0.235. The van der Waals surface area contributed by atoms with E-state index in [-0.39, 0.29) is 11.7 Å². The highest BCUT2D eigenvalue weighted by molar-refractivity contribution is 6.32. The van der Waals surface area contributed by atoms with Crippen molar-refractivity contribution in [2.45, 2.75) is 18.8 Å². The molecule has 0 amide bonds. The Bertz CT molecular complexity index is 639. The van der Waals surface area contributed by atoms with Gasteiger partial charge in [0.15, 0.2) is 0 Å². The molecule has 1 atom stereocenters. The van der Waals surface area contributed by atoms with E-state index in [2.05, 4.69) is 6.07 Å². The Kier molecular flexibility index (Phi) is 5.59. The molecule has 0 fully saturated rings. The molecule has 2 rings (SSSR count). The van der Waals surface area contributed by atoms with Crippen molar-refractivity contribution >= 4 is 11.6 Å². The fourth-order valence-corrected chi connectivity index (χ4v) is 2.25. The lowest BCUT2D eigenvalue weighted by Crippen LogP contribution is -2.02. The first-order chi connectivity index (χ1) is 10.2. The Morgan fingerprint density at radius 1 is 1.19 bits per heavy atom. The molecule has 2 aromatic carbocycles. The lowest BCUT2D eigenvalue weighted by molar-refractivity contribution is 0.305. The van der Waals surface area contributed by atoms with Crippen LogP contribution in [0, 0.1) is 17.1 Å². The summed E-state index contributed by atoms with van der Waals surface area (Å²) in [6, 6.07) is 15.6. The van der Waals surface area contributed by atoms with E-state index in [1.807, 2.05) is 12.1 Å². The third kappa shape index (κ3) is 4.47. The number of para-hydroxylation sites is 1. The van der Waals surface area contributed by atoms with E-state index >= 15 is 0 Å². The van der Waals surface area contributed by atoms with Gasteiger partial charge in [-0.15, -0.1) is 0 Å². The van der Waals surface area contributed by atoms with Crippen LogP contribution in [0.4, 0.5) is 4.39 Å². The molecular formula is C17H15ClFNO. The van der Waals surface area contributed by atoms with Gasteiger partial charge in [0.1, 0.15) is 11.6 Å². The minimum absolute atomic E-state index is 0.319. The van der Waals surface area contributed by atoms with Crippen molar-refractivity contribution in [3.05, 3.63) is 64.9 Å². The Balaban J connectivity index is 1.85. The number of hydrogen-bond acceptors (Lipinski definition) is 2. The van der Waals surface area contributed by atoms with Crippen molar-refractivity contribution in [3.63, 3.8) is 0 Å². The number of ether oxygens (including phenoxy) is 1. The van der Waals surface area contributed by atoms with E-state index in [0.717, 1.165) is 0 Å². The highest BCUT2D eigenvalue weighted by atomic mass is 35.5. The minimum atomic E-state index is -0.324. The van der Waals surface area contributed by atoms with E-state index in [1.165, 1.54) is 12.1 Å². The second kappa shape index (κ2) is 7.66. The van der Waals surface area contributed by atoms with Gasteiger partial charge in [-0.25, -0.2) is 4.39 Å². The van der Waals surface area contributed by atoms with Gasteiger partial charge in [-0.1, -0.05) is 35.9 Å². The zero-order valence-corrected chi connectivity index (χ0v) is 12.2. The molecule has 4 heteroatoms. The smallest absolute Gasteiger partial charge is 0.137 e. The fourth-order valence-electron chi connectivity index (χ4n) is 2.06. The Morgan fingerprint density at radius 2 is 2.00 bits per heavy atom. The van der Waals surface area contributed by atoms with Crippen LogP contribution in [0.1, 0.15) is 24.3 Å². The molecule has 0 aliphatic heterocycles. The minimum Gasteiger partial charge on any atom is -0.492 e. The van der Waals surface area contributed by atoms with Gasteiger partial charge in [0.05, 0.1) is 23.6 Å². The van der Waals surface area contributed by atoms with E-state index in [1.54, 1.807) is 24.3 Å². The monoisotopic (exact) mass is 303 g/mol. The van der Waals surface area contributed by atoms with Gasteiger partial charge in [-0.05, 0) is 42.7 Å². The second-order valence-electron chi connectivity index (χ2n) is 4.66. The van der Waals surface area contributed by atoms with Crippen LogP contribution in [0.25, 0.3) is 0 Å². The van der Waals surface area contributed by atoms with Gasteiger partial charge in [0.2, 0.25) is 0 Å². The average molecular weight is 304 g/mol. The molecule has 0 heterocycles. The summed E-state index contributed by atoms with van der Waals surface area (Å²) in [6.07, 6.45) is 1.31. The molecule has 108 valence electrons. The summed E-state index contributed by atoms with van der Waals surface area (Å²) in [5.41, 5.74) is 0.704. The summed E-state index contributed by atoms with van der Waals surface area (Å²) in [5.74, 6) is -0.00552. The number of rotatable bonds is 6. The zero-order chi connectivity index (χ0) is 15.1. The summed E-state index contributed by atoms with van der Waals surface area (Å²) in [6.45, 7) is 0.469. The van der Waals surface area contributed by atoms with Gasteiger partial charge in [0, 0.05) is 0 Å². The van der Waals surface area contributed by atoms with Gasteiger partial charge in [-0.2, -0.15) is 5.26 Å². The second-order valence-corrected chi connectivity index (χ2v) is 5.07. The van der Waals surface area contributed by atoms with Crippen molar-refractivity contribution in [2.24, 2.45) is 0 Å². The molecule has 0 radical (unpaired) electrons. The third-order valence-corrected chi connectivity index (χ3v) is 3.45. The largest absolute Gasteiger partial charge is 0.492 e. The number of halogens is 2. The average Bonchev–Trinajstić information content (AvgIpc) is 2.49. The molecule has 0 saturated carbocycles. The first kappa shape index (κ1) is 15.3. The summed E-state index contributed by atoms with van der Waals surface area (Å²) in [7, 11) is 0. The summed E-state index contributed by atoms with van der Waals surface area (Å²) >= 11 is 5.99. The van der Waals surface area contributed by atoms with Crippen molar-refractivity contribution in [3.8, 4) is 11.8 Å². The SMILES string of the molecule is N#CC(CCCOc1ccccc1Cl)c1cccc(F)c1. The standard InChI is InChI=1S/C17H15ClFNO/c18-16-8-1-2-9-17(16)21-10-4-6-14(12-20)13-5-3-7-15(19)11-13/h1-3,5,7-9,11,14H,4,6,10H2. The highest BCUT2D eigenvalue weighted by Crippen LogP contribution is 2.25. The molecule has 0 saturated heterocycles. The first-order valence-electron chi connectivity index (χ1n) is 6.73. The molecule has 0 N–H and O–H groups in total. The molecule has 0 bridgehead atoms. The van der Waals surface area contributed by atoms with E-state index in [4.69, 9.17) is 16.3 Å². The molecule has 21 heavy (non-hydrogen) atoms. The highest BCUT2D eigenvalue weighted by Gasteiger charge is 2.11. The van der Waals surface area contributed by atoms with Crippen LogP contribution in [-0.2, 0) is 0 Å². The summed E-state index contributed by atoms with van der Waals surface area (Å²) in [4.78, 5) is 0. The van der Waals surface area contributed by atoms with Gasteiger partial charge >= 0.3 is 0 Å². The Morgan fingerprint density at radius 3 is 2.71 bits per heavy atom. The van der Waals surface area contributed by atoms with Crippen molar-refractivity contribution in [1.29, 1.82) is 5.26 Å². The Hall–Kier alpha value is -2.05. The molecule has 0 spiro atoms. The Labute approximate surface area is 128 Å². The van der Waals surface area contributed by atoms with Crippen molar-refractivity contribution in [2.75, 3.05) is 6.61 Å². The molecule has 2 nitrogen and oxygen atoms in total. The lowest BCUT2D eigenvalue weighted by Gasteiger charge is -2.11. The maximum atomic E-state index is 13.2. The van der Waals surface area contributed by atoms with Crippen LogP contribution in [0.15, 0.2) is 48.5 Å². The predicted octanol–water partition coefficient (Wildman–Crippen LogP) is 4.95. The summed E-state index contributed by atoms with van der Waals surface area (Å²) < 4.78 is 18.7. The van der Waals surface area contributed by atoms with Crippen molar-refractivity contribution < 1.29 is 9.13 Å². The number of nitriles is 1. The van der Waals surface area contributed by atoms with Crippen LogP contribution in [0.3, 0.4) is 0 Å². The third-order valence-electron chi connectivity index (χ3n) is 3.14. The number of benzene rings is 2. The predicted molar refractivity (Wildman–Crippen MR) is 80.9 cm³/mol. The van der Waals surface area contributed by atoms with E-state index < -0.39 is 0 Å².